The van der Waals surface area contributed by atoms with Crippen LogP contribution in [-0.4, -0.2) is 36.2 Å². The first-order chi connectivity index (χ1) is 5.54. The molecule has 74 valence electrons. The van der Waals surface area contributed by atoms with Crippen LogP contribution >= 0.6 is 0 Å². The molecular formula is C10H23NO. The fraction of sp³-hybridized carbons (Fsp3) is 1.00. The van der Waals surface area contributed by atoms with Crippen LogP contribution in [0.3, 0.4) is 0 Å². The van der Waals surface area contributed by atoms with Crippen LogP contribution < -0.4 is 0 Å². The maximum atomic E-state index is 10.1. The summed E-state index contributed by atoms with van der Waals surface area (Å²) in [6.07, 6.45) is 3.95. The number of nitrogens with zero attached hydrogens (tertiary/aromatic N) is 1. The average Bonchev–Trinajstić information content (AvgIpc) is 1.85. The van der Waals surface area contributed by atoms with Crippen molar-refractivity contribution in [3.05, 3.63) is 0 Å². The third-order valence-electron chi connectivity index (χ3n) is 2.04. The Hall–Kier alpha value is -0.0800. The average molecular weight is 173 g/mol. The molecule has 0 saturated carbocycles. The standard InChI is InChI=1S/C10H23NO/c1-5-7-10(12,8-6-2)9-11(3)4/h12H,5-9H2,1-4H3. The summed E-state index contributed by atoms with van der Waals surface area (Å²) in [5.74, 6) is 0. The molecule has 2 nitrogen and oxygen atoms in total. The second kappa shape index (κ2) is 5.55. The van der Waals surface area contributed by atoms with Gasteiger partial charge in [0.15, 0.2) is 0 Å². The van der Waals surface area contributed by atoms with Crippen LogP contribution in [-0.2, 0) is 0 Å². The Labute approximate surface area is 76.6 Å². The van der Waals surface area contributed by atoms with Crippen molar-refractivity contribution in [2.45, 2.75) is 45.1 Å². The Kier molecular flexibility index (Phi) is 5.51. The number of likely N-dealkylation sites (N-methyl/N-ethyl adjacent to an activating group) is 1. The lowest BCUT2D eigenvalue weighted by Gasteiger charge is -2.30. The van der Waals surface area contributed by atoms with Gasteiger partial charge < -0.3 is 10.0 Å². The predicted octanol–water partition coefficient (Wildman–Crippen LogP) is 1.88. The summed E-state index contributed by atoms with van der Waals surface area (Å²) in [6, 6.07) is 0. The van der Waals surface area contributed by atoms with E-state index in [0.29, 0.717) is 0 Å². The van der Waals surface area contributed by atoms with Crippen molar-refractivity contribution in [2.24, 2.45) is 0 Å². The van der Waals surface area contributed by atoms with Crippen molar-refractivity contribution in [3.8, 4) is 0 Å². The van der Waals surface area contributed by atoms with E-state index in [-0.39, 0.29) is 0 Å². The van der Waals surface area contributed by atoms with Crippen LogP contribution in [0.1, 0.15) is 39.5 Å². The minimum absolute atomic E-state index is 0.451. The monoisotopic (exact) mass is 173 g/mol. The van der Waals surface area contributed by atoms with Gasteiger partial charge in [-0.05, 0) is 26.9 Å². The zero-order chi connectivity index (χ0) is 9.61. The lowest BCUT2D eigenvalue weighted by molar-refractivity contribution is -0.000996. The first kappa shape index (κ1) is 11.9. The molecule has 0 spiro atoms. The number of aliphatic hydroxyl groups is 1. The summed E-state index contributed by atoms with van der Waals surface area (Å²) < 4.78 is 0. The van der Waals surface area contributed by atoms with Crippen molar-refractivity contribution in [3.63, 3.8) is 0 Å². The summed E-state index contributed by atoms with van der Waals surface area (Å²) in [7, 11) is 4.02. The van der Waals surface area contributed by atoms with Crippen molar-refractivity contribution in [1.29, 1.82) is 0 Å². The highest BCUT2D eigenvalue weighted by molar-refractivity contribution is 4.79. The van der Waals surface area contributed by atoms with Crippen molar-refractivity contribution < 1.29 is 5.11 Å². The van der Waals surface area contributed by atoms with Gasteiger partial charge in [0.1, 0.15) is 0 Å². The molecule has 0 saturated heterocycles. The summed E-state index contributed by atoms with van der Waals surface area (Å²) in [6.45, 7) is 5.03. The molecule has 0 bridgehead atoms. The van der Waals surface area contributed by atoms with Gasteiger partial charge in [-0.3, -0.25) is 0 Å². The summed E-state index contributed by atoms with van der Waals surface area (Å²) >= 11 is 0. The van der Waals surface area contributed by atoms with E-state index in [9.17, 15) is 5.11 Å². The smallest absolute Gasteiger partial charge is 0.0773 e. The quantitative estimate of drug-likeness (QED) is 0.663. The Bertz CT molecular complexity index is 106. The highest BCUT2D eigenvalue weighted by Crippen LogP contribution is 2.19. The number of hydrogen-bond donors (Lipinski definition) is 1. The molecule has 0 aromatic carbocycles. The van der Waals surface area contributed by atoms with Gasteiger partial charge in [0.2, 0.25) is 0 Å². The van der Waals surface area contributed by atoms with Crippen molar-refractivity contribution >= 4 is 0 Å². The molecule has 0 fully saturated rings. The van der Waals surface area contributed by atoms with E-state index in [1.165, 1.54) is 0 Å². The van der Waals surface area contributed by atoms with Crippen LogP contribution in [0.2, 0.25) is 0 Å². The Morgan fingerprint density at radius 2 is 1.50 bits per heavy atom. The fourth-order valence-corrected chi connectivity index (χ4v) is 1.80. The lowest BCUT2D eigenvalue weighted by atomic mass is 9.92. The normalized spacial score (nSPS) is 12.5. The lowest BCUT2D eigenvalue weighted by Crippen LogP contribution is -2.39. The Balaban J connectivity index is 3.98. The van der Waals surface area contributed by atoms with Crippen LogP contribution in [0.4, 0.5) is 0 Å². The van der Waals surface area contributed by atoms with Crippen LogP contribution in [0, 0.1) is 0 Å². The van der Waals surface area contributed by atoms with E-state index in [1.54, 1.807) is 0 Å². The van der Waals surface area contributed by atoms with Gasteiger partial charge in [0.05, 0.1) is 5.60 Å². The minimum atomic E-state index is -0.451. The Morgan fingerprint density at radius 3 is 1.75 bits per heavy atom. The molecule has 0 radical (unpaired) electrons. The zero-order valence-corrected chi connectivity index (χ0v) is 8.93. The molecule has 1 N–H and O–H groups in total. The third kappa shape index (κ3) is 4.73. The molecule has 12 heavy (non-hydrogen) atoms. The first-order valence-electron chi connectivity index (χ1n) is 4.91. The SMILES string of the molecule is CCCC(O)(CCC)CN(C)C. The molecule has 0 unspecified atom stereocenters. The second-order valence-electron chi connectivity index (χ2n) is 3.96. The third-order valence-corrected chi connectivity index (χ3v) is 2.04. The molecule has 0 aliphatic carbocycles. The molecule has 0 aliphatic rings. The second-order valence-corrected chi connectivity index (χ2v) is 3.96. The molecule has 0 aliphatic heterocycles. The molecule has 2 heteroatoms. The van der Waals surface area contributed by atoms with Crippen LogP contribution in [0.5, 0.6) is 0 Å². The van der Waals surface area contributed by atoms with Crippen LogP contribution in [0.25, 0.3) is 0 Å². The fourth-order valence-electron chi connectivity index (χ4n) is 1.80. The number of hydrogen-bond acceptors (Lipinski definition) is 2. The highest BCUT2D eigenvalue weighted by Gasteiger charge is 2.24. The van der Waals surface area contributed by atoms with E-state index in [1.807, 2.05) is 14.1 Å². The Morgan fingerprint density at radius 1 is 1.08 bits per heavy atom. The number of rotatable bonds is 6. The van der Waals surface area contributed by atoms with Gasteiger partial charge in [0.25, 0.3) is 0 Å². The van der Waals surface area contributed by atoms with Gasteiger partial charge in [-0.1, -0.05) is 26.7 Å². The maximum absolute atomic E-state index is 10.1. The predicted molar refractivity (Wildman–Crippen MR) is 53.3 cm³/mol. The van der Waals surface area contributed by atoms with Gasteiger partial charge in [-0.2, -0.15) is 0 Å². The summed E-state index contributed by atoms with van der Waals surface area (Å²) in [5.41, 5.74) is -0.451. The minimum Gasteiger partial charge on any atom is -0.389 e. The van der Waals surface area contributed by atoms with E-state index < -0.39 is 5.60 Å². The molecule has 0 aromatic rings. The van der Waals surface area contributed by atoms with Crippen molar-refractivity contribution in [2.75, 3.05) is 20.6 Å². The zero-order valence-electron chi connectivity index (χ0n) is 8.93. The topological polar surface area (TPSA) is 23.5 Å². The summed E-state index contributed by atoms with van der Waals surface area (Å²) in [5, 5.41) is 10.1. The van der Waals surface area contributed by atoms with E-state index >= 15 is 0 Å². The first-order valence-corrected chi connectivity index (χ1v) is 4.91. The van der Waals surface area contributed by atoms with Gasteiger partial charge in [0, 0.05) is 6.54 Å². The molecule has 0 heterocycles. The molecule has 0 rings (SSSR count). The van der Waals surface area contributed by atoms with E-state index in [2.05, 4.69) is 18.7 Å². The van der Waals surface area contributed by atoms with E-state index in [0.717, 1.165) is 32.2 Å². The molecule has 0 atom stereocenters. The summed E-state index contributed by atoms with van der Waals surface area (Å²) in [4.78, 5) is 2.06. The highest BCUT2D eigenvalue weighted by atomic mass is 16.3. The van der Waals surface area contributed by atoms with Gasteiger partial charge in [-0.25, -0.2) is 0 Å². The van der Waals surface area contributed by atoms with Crippen LogP contribution in [0.15, 0.2) is 0 Å². The van der Waals surface area contributed by atoms with Crippen molar-refractivity contribution in [1.82, 2.24) is 4.90 Å². The maximum Gasteiger partial charge on any atom is 0.0773 e. The molecule has 0 aromatic heterocycles. The molecule has 0 amide bonds. The largest absolute Gasteiger partial charge is 0.389 e. The molecular weight excluding hydrogens is 150 g/mol. The van der Waals surface area contributed by atoms with E-state index in [4.69, 9.17) is 0 Å². The van der Waals surface area contributed by atoms with Gasteiger partial charge >= 0.3 is 0 Å². The van der Waals surface area contributed by atoms with Gasteiger partial charge in [-0.15, -0.1) is 0 Å².